The summed E-state index contributed by atoms with van der Waals surface area (Å²) in [6.07, 6.45) is -0.504. The molecule has 0 radical (unpaired) electrons. The van der Waals surface area contributed by atoms with E-state index in [1.807, 2.05) is 18.5 Å². The summed E-state index contributed by atoms with van der Waals surface area (Å²) in [7, 11) is 0. The average Bonchev–Trinajstić information content (AvgIpc) is 3.16. The van der Waals surface area contributed by atoms with Crippen LogP contribution in [0, 0.1) is 5.92 Å². The first-order valence-electron chi connectivity index (χ1n) is 9.49. The van der Waals surface area contributed by atoms with Crippen LogP contribution >= 0.6 is 12.4 Å². The van der Waals surface area contributed by atoms with E-state index in [4.69, 9.17) is 0 Å². The fourth-order valence-electron chi connectivity index (χ4n) is 3.45. The topological polar surface area (TPSA) is 59.0 Å². The van der Waals surface area contributed by atoms with E-state index in [1.54, 1.807) is 12.3 Å². The summed E-state index contributed by atoms with van der Waals surface area (Å²) in [4.78, 5) is 12.7. The summed E-state index contributed by atoms with van der Waals surface area (Å²) in [5.41, 5.74) is 0.236. The summed E-state index contributed by atoms with van der Waals surface area (Å²) >= 11 is 0. The molecular weight excluding hydrogens is 405 g/mol. The number of nitrogens with one attached hydrogen (secondary N) is 2. The Bertz CT molecular complexity index is 799. The molecule has 2 aromatic rings. The molecule has 1 aliphatic rings. The molecule has 0 spiro atoms. The number of piperidine rings is 1. The molecule has 0 bridgehead atoms. The molecule has 1 aromatic carbocycles. The Morgan fingerprint density at radius 1 is 1.24 bits per heavy atom. The zero-order chi connectivity index (χ0) is 20.3. The van der Waals surface area contributed by atoms with Crippen molar-refractivity contribution in [3.05, 3.63) is 53.3 Å². The third kappa shape index (κ3) is 5.73. The number of nitrogens with zero attached hydrogens (tertiary/aromatic N) is 2. The largest absolute Gasteiger partial charge is 0.416 e. The Morgan fingerprint density at radius 2 is 1.93 bits per heavy atom. The molecule has 1 aromatic heterocycles. The van der Waals surface area contributed by atoms with E-state index in [2.05, 4.69) is 15.7 Å². The lowest BCUT2D eigenvalue weighted by atomic mass is 9.95. The zero-order valence-corrected chi connectivity index (χ0v) is 17.2. The number of hydrogen-bond acceptors (Lipinski definition) is 3. The number of aromatic nitrogens is 2. The molecule has 3 rings (SSSR count). The summed E-state index contributed by atoms with van der Waals surface area (Å²) in [5, 5.41) is 10.6. The van der Waals surface area contributed by atoms with Crippen LogP contribution in [0.25, 0.3) is 0 Å². The van der Waals surface area contributed by atoms with Gasteiger partial charge in [-0.2, -0.15) is 18.3 Å². The van der Waals surface area contributed by atoms with E-state index in [0.717, 1.165) is 38.1 Å². The number of carbonyl (C=O) groups is 1. The van der Waals surface area contributed by atoms with Crippen LogP contribution in [0.3, 0.4) is 0 Å². The molecular formula is C20H26ClF3N4O. The van der Waals surface area contributed by atoms with Gasteiger partial charge >= 0.3 is 6.18 Å². The van der Waals surface area contributed by atoms with Crippen LogP contribution in [-0.4, -0.2) is 28.8 Å². The zero-order valence-electron chi connectivity index (χ0n) is 16.4. The lowest BCUT2D eigenvalue weighted by Crippen LogP contribution is -2.33. The highest BCUT2D eigenvalue weighted by molar-refractivity contribution is 5.92. The molecule has 1 saturated heterocycles. The second kappa shape index (κ2) is 9.63. The Balaban J connectivity index is 0.00000300. The van der Waals surface area contributed by atoms with Crippen LogP contribution in [0.2, 0.25) is 0 Å². The molecule has 29 heavy (non-hydrogen) atoms. The summed E-state index contributed by atoms with van der Waals surface area (Å²) in [5.74, 6) is -0.327. The van der Waals surface area contributed by atoms with Crippen molar-refractivity contribution in [2.45, 2.75) is 44.9 Å². The van der Waals surface area contributed by atoms with E-state index >= 15 is 0 Å². The van der Waals surface area contributed by atoms with E-state index in [-0.39, 0.29) is 30.3 Å². The molecule has 1 fully saturated rings. The van der Waals surface area contributed by atoms with Gasteiger partial charge in [-0.3, -0.25) is 9.48 Å². The Labute approximate surface area is 174 Å². The van der Waals surface area contributed by atoms with Crippen molar-refractivity contribution >= 4 is 18.3 Å². The minimum atomic E-state index is -4.38. The van der Waals surface area contributed by atoms with Gasteiger partial charge in [-0.05, 0) is 49.1 Å². The predicted molar refractivity (Wildman–Crippen MR) is 107 cm³/mol. The van der Waals surface area contributed by atoms with Crippen LogP contribution in [0.4, 0.5) is 13.2 Å². The highest BCUT2D eigenvalue weighted by Gasteiger charge is 2.30. The van der Waals surface area contributed by atoms with Crippen LogP contribution in [0.15, 0.2) is 36.5 Å². The average molecular weight is 431 g/mol. The van der Waals surface area contributed by atoms with Crippen LogP contribution < -0.4 is 10.6 Å². The number of carbonyl (C=O) groups excluding carboxylic acids is 1. The van der Waals surface area contributed by atoms with Crippen molar-refractivity contribution in [2.24, 2.45) is 5.92 Å². The first-order valence-corrected chi connectivity index (χ1v) is 9.49. The molecule has 5 nitrogen and oxygen atoms in total. The SMILES string of the molecule is CC(C)C(NC(=O)c1ccn(C2CCCNC2)n1)c1ccc(C(F)(F)F)cc1.Cl. The Kier molecular flexibility index (Phi) is 7.71. The number of halogens is 4. The van der Waals surface area contributed by atoms with Crippen molar-refractivity contribution in [2.75, 3.05) is 13.1 Å². The van der Waals surface area contributed by atoms with Crippen molar-refractivity contribution in [1.82, 2.24) is 20.4 Å². The van der Waals surface area contributed by atoms with Gasteiger partial charge < -0.3 is 10.6 Å². The van der Waals surface area contributed by atoms with Crippen LogP contribution in [-0.2, 0) is 6.18 Å². The Morgan fingerprint density at radius 3 is 2.48 bits per heavy atom. The third-order valence-corrected chi connectivity index (χ3v) is 5.04. The molecule has 2 unspecified atom stereocenters. The normalized spacial score (nSPS) is 18.2. The van der Waals surface area contributed by atoms with Crippen molar-refractivity contribution in [1.29, 1.82) is 0 Å². The van der Waals surface area contributed by atoms with Crippen molar-refractivity contribution in [3.8, 4) is 0 Å². The quantitative estimate of drug-likeness (QED) is 0.740. The van der Waals surface area contributed by atoms with Crippen molar-refractivity contribution < 1.29 is 18.0 Å². The fourth-order valence-corrected chi connectivity index (χ4v) is 3.45. The number of alkyl halides is 3. The first-order chi connectivity index (χ1) is 13.3. The van der Waals surface area contributed by atoms with Gasteiger partial charge in [0.05, 0.1) is 17.6 Å². The van der Waals surface area contributed by atoms with Gasteiger partial charge in [0.1, 0.15) is 5.69 Å². The van der Waals surface area contributed by atoms with Crippen LogP contribution in [0.5, 0.6) is 0 Å². The number of benzene rings is 1. The van der Waals surface area contributed by atoms with E-state index in [9.17, 15) is 18.0 Å². The van der Waals surface area contributed by atoms with Gasteiger partial charge in [0.25, 0.3) is 5.91 Å². The second-order valence-electron chi connectivity index (χ2n) is 7.50. The van der Waals surface area contributed by atoms with Gasteiger partial charge in [0.2, 0.25) is 0 Å². The van der Waals surface area contributed by atoms with Crippen LogP contribution in [0.1, 0.15) is 60.4 Å². The highest BCUT2D eigenvalue weighted by atomic mass is 35.5. The lowest BCUT2D eigenvalue weighted by Gasteiger charge is -2.24. The number of hydrogen-bond donors (Lipinski definition) is 2. The fraction of sp³-hybridized carbons (Fsp3) is 0.500. The van der Waals surface area contributed by atoms with E-state index in [0.29, 0.717) is 11.3 Å². The summed E-state index contributed by atoms with van der Waals surface area (Å²) in [6, 6.07) is 6.42. The lowest BCUT2D eigenvalue weighted by molar-refractivity contribution is -0.137. The highest BCUT2D eigenvalue weighted by Crippen LogP contribution is 2.31. The predicted octanol–water partition coefficient (Wildman–Crippen LogP) is 4.38. The summed E-state index contributed by atoms with van der Waals surface area (Å²) < 4.78 is 40.2. The number of amides is 1. The minimum absolute atomic E-state index is 0. The molecule has 2 N–H and O–H groups in total. The third-order valence-electron chi connectivity index (χ3n) is 5.04. The van der Waals surface area contributed by atoms with Gasteiger partial charge in [-0.15, -0.1) is 12.4 Å². The molecule has 9 heteroatoms. The monoisotopic (exact) mass is 430 g/mol. The van der Waals surface area contributed by atoms with Gasteiger partial charge in [0.15, 0.2) is 0 Å². The smallest absolute Gasteiger partial charge is 0.344 e. The molecule has 0 aliphatic carbocycles. The minimum Gasteiger partial charge on any atom is -0.344 e. The van der Waals surface area contributed by atoms with Gasteiger partial charge in [-0.25, -0.2) is 0 Å². The Hall–Kier alpha value is -2.06. The van der Waals surface area contributed by atoms with E-state index in [1.165, 1.54) is 12.1 Å². The van der Waals surface area contributed by atoms with Gasteiger partial charge in [0, 0.05) is 12.7 Å². The molecule has 160 valence electrons. The maximum absolute atomic E-state index is 12.8. The van der Waals surface area contributed by atoms with Gasteiger partial charge in [-0.1, -0.05) is 26.0 Å². The summed E-state index contributed by atoms with van der Waals surface area (Å²) in [6.45, 7) is 5.64. The molecule has 2 heterocycles. The maximum Gasteiger partial charge on any atom is 0.416 e. The standard InChI is InChI=1S/C20H25F3N4O.ClH/c1-13(2)18(14-5-7-15(8-6-14)20(21,22)23)25-19(28)17-9-11-27(26-17)16-4-3-10-24-12-16;/h5-9,11,13,16,18,24H,3-4,10,12H2,1-2H3,(H,25,28);1H. The second-order valence-corrected chi connectivity index (χ2v) is 7.50. The first kappa shape index (κ1) is 23.2. The van der Waals surface area contributed by atoms with Crippen molar-refractivity contribution in [3.63, 3.8) is 0 Å². The molecule has 1 amide bonds. The molecule has 1 aliphatic heterocycles. The maximum atomic E-state index is 12.8. The molecule has 2 atom stereocenters. The van der Waals surface area contributed by atoms with E-state index < -0.39 is 17.8 Å². The molecule has 0 saturated carbocycles. The number of rotatable bonds is 5.